The van der Waals surface area contributed by atoms with Crippen LogP contribution in [0.5, 0.6) is 0 Å². The fourth-order valence-electron chi connectivity index (χ4n) is 0.866. The molecule has 0 aliphatic heterocycles. The van der Waals surface area contributed by atoms with Gasteiger partial charge in [-0.15, -0.1) is 0 Å². The molecule has 0 saturated carbocycles. The molecule has 0 radical (unpaired) electrons. The number of nitrogens with zero attached hydrogens (tertiary/aromatic N) is 1. The smallest absolute Gasteiger partial charge is 0.0753 e. The van der Waals surface area contributed by atoms with Gasteiger partial charge in [0.15, 0.2) is 0 Å². The molecule has 15 heavy (non-hydrogen) atoms. The minimum Gasteiger partial charge on any atom is -0.330 e. The number of quaternary nitrogens is 1. The first-order valence-electron chi connectivity index (χ1n) is 6.26. The highest BCUT2D eigenvalue weighted by molar-refractivity contribution is 4.43. The van der Waals surface area contributed by atoms with Gasteiger partial charge in [0.05, 0.1) is 27.2 Å². The summed E-state index contributed by atoms with van der Waals surface area (Å²) in [7, 11) is 4.47. The Morgan fingerprint density at radius 1 is 0.733 bits per heavy atom. The van der Waals surface area contributed by atoms with Crippen molar-refractivity contribution in [2.24, 2.45) is 11.5 Å². The van der Waals surface area contributed by atoms with Crippen LogP contribution in [0, 0.1) is 0 Å². The van der Waals surface area contributed by atoms with Crippen molar-refractivity contribution in [3.63, 3.8) is 0 Å². The van der Waals surface area contributed by atoms with Crippen molar-refractivity contribution in [1.82, 2.24) is 0 Å². The molecule has 4 N–H and O–H groups in total. The fourth-order valence-corrected chi connectivity index (χ4v) is 0.866. The molecule has 0 saturated heterocycles. The number of unbranched alkanes of at least 4 members (excludes halogenated alkanes) is 3. The number of rotatable bonds is 7. The number of nitrogens with two attached hydrogens (primary N) is 2. The van der Waals surface area contributed by atoms with E-state index < -0.39 is 0 Å². The molecule has 0 rings (SSSR count). The Bertz CT molecular complexity index is 101. The van der Waals surface area contributed by atoms with Crippen LogP contribution in [-0.2, 0) is 0 Å². The minimum atomic E-state index is 0.824. The molecule has 0 aromatic rings. The summed E-state index contributed by atoms with van der Waals surface area (Å²) in [6.45, 7) is 8.54. The van der Waals surface area contributed by atoms with E-state index >= 15 is 0 Å². The van der Waals surface area contributed by atoms with Gasteiger partial charge in [0, 0.05) is 0 Å². The maximum atomic E-state index is 5.28. The first-order valence-corrected chi connectivity index (χ1v) is 6.26. The van der Waals surface area contributed by atoms with E-state index in [4.69, 9.17) is 11.5 Å². The molecule has 3 heteroatoms. The molecule has 0 spiro atoms. The van der Waals surface area contributed by atoms with Crippen LogP contribution in [0.4, 0.5) is 0 Å². The lowest BCUT2D eigenvalue weighted by Crippen LogP contribution is -2.38. The Balaban J connectivity index is 0. The molecule has 0 amide bonds. The van der Waals surface area contributed by atoms with E-state index in [0.29, 0.717) is 0 Å². The molecule has 94 valence electrons. The van der Waals surface area contributed by atoms with E-state index in [1.807, 2.05) is 0 Å². The van der Waals surface area contributed by atoms with Gasteiger partial charge in [0.2, 0.25) is 0 Å². The third-order valence-electron chi connectivity index (χ3n) is 2.87. The predicted molar refractivity (Wildman–Crippen MR) is 69.8 cm³/mol. The first-order chi connectivity index (χ1) is 7.04. The summed E-state index contributed by atoms with van der Waals surface area (Å²) in [5.74, 6) is 0. The maximum Gasteiger partial charge on any atom is 0.0753 e. The van der Waals surface area contributed by atoms with Crippen molar-refractivity contribution in [3.8, 4) is 0 Å². The Hall–Kier alpha value is -0.120. The lowest BCUT2D eigenvalue weighted by atomic mass is 10.2. The van der Waals surface area contributed by atoms with Crippen LogP contribution < -0.4 is 11.5 Å². The maximum absolute atomic E-state index is 5.28. The molecular formula is C12H32N3+. The summed E-state index contributed by atoms with van der Waals surface area (Å²) in [5, 5.41) is 0. The standard InChI is InChI=1S/C6H16N2.C6H16N/c7-5-3-1-2-4-6-8;1-5-7(3,4)6-2/h1-8H2;5-6H2,1-4H3/q;+1. The zero-order chi connectivity index (χ0) is 12.2. The zero-order valence-electron chi connectivity index (χ0n) is 11.3. The van der Waals surface area contributed by atoms with Crippen molar-refractivity contribution >= 4 is 0 Å². The van der Waals surface area contributed by atoms with Crippen LogP contribution in [0.1, 0.15) is 39.5 Å². The van der Waals surface area contributed by atoms with Crippen molar-refractivity contribution in [2.75, 3.05) is 40.3 Å². The molecule has 0 unspecified atom stereocenters. The summed E-state index contributed by atoms with van der Waals surface area (Å²) in [4.78, 5) is 0. The largest absolute Gasteiger partial charge is 0.330 e. The summed E-state index contributed by atoms with van der Waals surface area (Å²) in [6.07, 6.45) is 4.79. The van der Waals surface area contributed by atoms with Crippen molar-refractivity contribution < 1.29 is 4.48 Å². The van der Waals surface area contributed by atoms with Crippen LogP contribution in [0.3, 0.4) is 0 Å². The van der Waals surface area contributed by atoms with E-state index in [-0.39, 0.29) is 0 Å². The second kappa shape index (κ2) is 12.0. The van der Waals surface area contributed by atoms with Gasteiger partial charge < -0.3 is 16.0 Å². The Labute approximate surface area is 96.4 Å². The van der Waals surface area contributed by atoms with Crippen LogP contribution in [-0.4, -0.2) is 44.8 Å². The lowest BCUT2D eigenvalue weighted by Gasteiger charge is -2.25. The summed E-state index contributed by atoms with van der Waals surface area (Å²) in [6, 6.07) is 0. The molecule has 0 aliphatic carbocycles. The molecule has 0 aliphatic rings. The summed E-state index contributed by atoms with van der Waals surface area (Å²) in [5.41, 5.74) is 10.6. The van der Waals surface area contributed by atoms with Crippen molar-refractivity contribution in [1.29, 1.82) is 0 Å². The van der Waals surface area contributed by atoms with E-state index in [2.05, 4.69) is 27.9 Å². The average Bonchev–Trinajstić information content (AvgIpc) is 2.25. The van der Waals surface area contributed by atoms with Crippen molar-refractivity contribution in [2.45, 2.75) is 39.5 Å². The third-order valence-corrected chi connectivity index (χ3v) is 2.87. The Kier molecular flexibility index (Phi) is 13.8. The molecule has 0 aromatic carbocycles. The van der Waals surface area contributed by atoms with Crippen molar-refractivity contribution in [3.05, 3.63) is 0 Å². The predicted octanol–water partition coefficient (Wildman–Crippen LogP) is 1.57. The highest BCUT2D eigenvalue weighted by Gasteiger charge is 2.04. The van der Waals surface area contributed by atoms with Gasteiger partial charge >= 0.3 is 0 Å². The van der Waals surface area contributed by atoms with E-state index in [0.717, 1.165) is 30.4 Å². The van der Waals surface area contributed by atoms with Gasteiger partial charge in [-0.05, 0) is 39.8 Å². The Morgan fingerprint density at radius 2 is 1.07 bits per heavy atom. The highest BCUT2D eigenvalue weighted by Crippen LogP contribution is 1.95. The molecule has 0 heterocycles. The van der Waals surface area contributed by atoms with E-state index in [1.54, 1.807) is 0 Å². The van der Waals surface area contributed by atoms with Gasteiger partial charge in [-0.3, -0.25) is 0 Å². The SMILES string of the molecule is CC[N+](C)(C)CC.NCCCCCCN. The van der Waals surface area contributed by atoms with Gasteiger partial charge in [-0.25, -0.2) is 0 Å². The second-order valence-corrected chi connectivity index (χ2v) is 4.56. The summed E-state index contributed by atoms with van der Waals surface area (Å²) < 4.78 is 1.14. The zero-order valence-corrected chi connectivity index (χ0v) is 11.3. The number of hydrogen-bond donors (Lipinski definition) is 2. The quantitative estimate of drug-likeness (QED) is 0.503. The first kappa shape index (κ1) is 17.3. The molecule has 0 fully saturated rings. The van der Waals surface area contributed by atoms with Crippen LogP contribution >= 0.6 is 0 Å². The Morgan fingerprint density at radius 3 is 1.20 bits per heavy atom. The van der Waals surface area contributed by atoms with Gasteiger partial charge in [0.25, 0.3) is 0 Å². The van der Waals surface area contributed by atoms with Gasteiger partial charge in [-0.2, -0.15) is 0 Å². The summed E-state index contributed by atoms with van der Waals surface area (Å²) >= 11 is 0. The van der Waals surface area contributed by atoms with Crippen LogP contribution in [0.15, 0.2) is 0 Å². The van der Waals surface area contributed by atoms with E-state index in [9.17, 15) is 0 Å². The molecule has 0 atom stereocenters. The highest BCUT2D eigenvalue weighted by atomic mass is 15.3. The topological polar surface area (TPSA) is 52.0 Å². The minimum absolute atomic E-state index is 0.824. The molecule has 0 aromatic heterocycles. The third kappa shape index (κ3) is 16.5. The van der Waals surface area contributed by atoms with Crippen LogP contribution in [0.2, 0.25) is 0 Å². The molecular weight excluding hydrogens is 186 g/mol. The van der Waals surface area contributed by atoms with Gasteiger partial charge in [0.1, 0.15) is 0 Å². The second-order valence-electron chi connectivity index (χ2n) is 4.56. The average molecular weight is 218 g/mol. The normalized spacial score (nSPS) is 10.8. The molecule has 3 nitrogen and oxygen atoms in total. The molecule has 0 bridgehead atoms. The van der Waals surface area contributed by atoms with E-state index in [1.165, 1.54) is 25.9 Å². The lowest BCUT2D eigenvalue weighted by molar-refractivity contribution is -0.886. The van der Waals surface area contributed by atoms with Gasteiger partial charge in [-0.1, -0.05) is 12.8 Å². The monoisotopic (exact) mass is 218 g/mol. The van der Waals surface area contributed by atoms with Crippen LogP contribution in [0.25, 0.3) is 0 Å². The number of hydrogen-bond acceptors (Lipinski definition) is 2. The fraction of sp³-hybridized carbons (Fsp3) is 1.00.